The third-order valence-corrected chi connectivity index (χ3v) is 2.45. The van der Waals surface area contributed by atoms with Crippen LogP contribution in [0.15, 0.2) is 29.3 Å². The fourth-order valence-electron chi connectivity index (χ4n) is 1.59. The maximum atomic E-state index is 11.3. The van der Waals surface area contributed by atoms with Gasteiger partial charge in [-0.3, -0.25) is 14.6 Å². The molecule has 0 bridgehead atoms. The lowest BCUT2D eigenvalue weighted by Gasteiger charge is -2.07. The van der Waals surface area contributed by atoms with E-state index in [1.165, 1.54) is 6.92 Å². The van der Waals surface area contributed by atoms with Crippen molar-refractivity contribution in [1.82, 2.24) is 0 Å². The van der Waals surface area contributed by atoms with Gasteiger partial charge in [-0.15, -0.1) is 0 Å². The molecule has 0 saturated heterocycles. The minimum absolute atomic E-state index is 0.170. The lowest BCUT2D eigenvalue weighted by atomic mass is 10.2. The third-order valence-electron chi connectivity index (χ3n) is 2.45. The van der Waals surface area contributed by atoms with Crippen LogP contribution in [0.4, 0.5) is 0 Å². The number of aliphatic imine (C=N–C) groups is 1. The minimum Gasteiger partial charge on any atom is -0.466 e. The molecule has 0 aliphatic rings. The molecule has 5 heteroatoms. The lowest BCUT2D eigenvalue weighted by Crippen LogP contribution is -2.09. The highest BCUT2D eigenvalue weighted by Crippen LogP contribution is 2.19. The second-order valence-corrected chi connectivity index (χ2v) is 4.23. The zero-order valence-corrected chi connectivity index (χ0v) is 12.0. The van der Waals surface area contributed by atoms with Crippen LogP contribution >= 0.6 is 0 Å². The quantitative estimate of drug-likeness (QED) is 0.455. The molecule has 1 rings (SSSR count). The largest absolute Gasteiger partial charge is 0.466 e. The summed E-state index contributed by atoms with van der Waals surface area (Å²) in [5.74, 6) is -0.167. The van der Waals surface area contributed by atoms with Gasteiger partial charge in [0.15, 0.2) is 0 Å². The maximum Gasteiger partial charge on any atom is 0.311 e. The Morgan fingerprint density at radius 2 is 1.90 bits per heavy atom. The molecule has 0 aliphatic heterocycles. The molecule has 0 aromatic heterocycles. The van der Waals surface area contributed by atoms with Crippen LogP contribution in [0, 0.1) is 0 Å². The number of nitrogens with zero attached hydrogens (tertiary/aromatic N) is 1. The monoisotopic (exact) mass is 277 g/mol. The highest BCUT2D eigenvalue weighted by molar-refractivity contribution is 5.97. The van der Waals surface area contributed by atoms with Gasteiger partial charge >= 0.3 is 11.9 Å². The summed E-state index contributed by atoms with van der Waals surface area (Å²) < 4.78 is 9.95. The van der Waals surface area contributed by atoms with Gasteiger partial charge in [0.1, 0.15) is 5.75 Å². The molecule has 108 valence electrons. The van der Waals surface area contributed by atoms with Crippen molar-refractivity contribution in [1.29, 1.82) is 0 Å². The van der Waals surface area contributed by atoms with E-state index in [4.69, 9.17) is 9.47 Å². The van der Waals surface area contributed by atoms with E-state index < -0.39 is 0 Å². The Balaban J connectivity index is 2.68. The summed E-state index contributed by atoms with van der Waals surface area (Å²) in [7, 11) is 0. The van der Waals surface area contributed by atoms with Crippen molar-refractivity contribution in [3.63, 3.8) is 0 Å². The average Bonchev–Trinajstić information content (AvgIpc) is 2.37. The Labute approximate surface area is 118 Å². The summed E-state index contributed by atoms with van der Waals surface area (Å²) in [6, 6.07) is 7.18. The highest BCUT2D eigenvalue weighted by Gasteiger charge is 2.07. The van der Waals surface area contributed by atoms with Crippen molar-refractivity contribution >= 4 is 17.7 Å². The van der Waals surface area contributed by atoms with Crippen molar-refractivity contribution in [3.05, 3.63) is 29.8 Å². The van der Waals surface area contributed by atoms with Gasteiger partial charge in [-0.25, -0.2) is 0 Å². The molecule has 0 aliphatic carbocycles. The fraction of sp³-hybridized carbons (Fsp3) is 0.400. The van der Waals surface area contributed by atoms with E-state index in [0.29, 0.717) is 24.6 Å². The normalized spacial score (nSPS) is 11.1. The molecule has 0 heterocycles. The van der Waals surface area contributed by atoms with Gasteiger partial charge < -0.3 is 9.47 Å². The molecule has 0 N–H and O–H groups in total. The number of esters is 2. The van der Waals surface area contributed by atoms with E-state index in [1.54, 1.807) is 26.0 Å². The number of carbonyl (C=O) groups excluding carboxylic acids is 2. The Kier molecular flexibility index (Phi) is 6.43. The molecular formula is C15H19NO4. The van der Waals surface area contributed by atoms with Crippen molar-refractivity contribution in [2.24, 2.45) is 4.99 Å². The van der Waals surface area contributed by atoms with E-state index >= 15 is 0 Å². The number of hydrogen-bond donors (Lipinski definition) is 0. The summed E-state index contributed by atoms with van der Waals surface area (Å²) >= 11 is 0. The standard InChI is InChI=1S/C15H19NO4/c1-4-19-15(18)9-11(2)16-10-13-7-5-6-8-14(13)20-12(3)17/h5-8H,4,9-10H2,1-3H3. The summed E-state index contributed by atoms with van der Waals surface area (Å²) in [4.78, 5) is 26.6. The summed E-state index contributed by atoms with van der Waals surface area (Å²) in [5.41, 5.74) is 1.48. The number of rotatable bonds is 6. The Morgan fingerprint density at radius 3 is 2.55 bits per heavy atom. The van der Waals surface area contributed by atoms with Crippen LogP contribution in [0.5, 0.6) is 5.75 Å². The minimum atomic E-state index is -0.371. The number of benzene rings is 1. The summed E-state index contributed by atoms with van der Waals surface area (Å²) in [6.45, 7) is 5.60. The first-order valence-corrected chi connectivity index (χ1v) is 6.44. The third kappa shape index (κ3) is 5.65. The highest BCUT2D eigenvalue weighted by atomic mass is 16.5. The molecule has 20 heavy (non-hydrogen) atoms. The zero-order chi connectivity index (χ0) is 15.0. The molecule has 1 aromatic rings. The van der Waals surface area contributed by atoms with Gasteiger partial charge in [0, 0.05) is 18.2 Å². The first kappa shape index (κ1) is 15.9. The van der Waals surface area contributed by atoms with Crippen LogP contribution in [-0.2, 0) is 20.9 Å². The maximum absolute atomic E-state index is 11.3. The smallest absolute Gasteiger partial charge is 0.311 e. The van der Waals surface area contributed by atoms with Crippen LogP contribution in [0.2, 0.25) is 0 Å². The Hall–Kier alpha value is -2.17. The van der Waals surface area contributed by atoms with Crippen molar-refractivity contribution in [2.45, 2.75) is 33.7 Å². The van der Waals surface area contributed by atoms with E-state index in [1.807, 2.05) is 12.1 Å². The van der Waals surface area contributed by atoms with Crippen LogP contribution in [0.25, 0.3) is 0 Å². The van der Waals surface area contributed by atoms with Crippen molar-refractivity contribution < 1.29 is 19.1 Å². The van der Waals surface area contributed by atoms with E-state index in [2.05, 4.69) is 4.99 Å². The predicted molar refractivity (Wildman–Crippen MR) is 75.8 cm³/mol. The second-order valence-electron chi connectivity index (χ2n) is 4.23. The second kappa shape index (κ2) is 8.09. The molecule has 0 atom stereocenters. The first-order valence-electron chi connectivity index (χ1n) is 6.44. The topological polar surface area (TPSA) is 65.0 Å². The molecule has 5 nitrogen and oxygen atoms in total. The van der Waals surface area contributed by atoms with Gasteiger partial charge in [0.2, 0.25) is 0 Å². The molecule has 0 radical (unpaired) electrons. The molecule has 0 amide bonds. The van der Waals surface area contributed by atoms with E-state index in [-0.39, 0.29) is 18.4 Å². The lowest BCUT2D eigenvalue weighted by molar-refractivity contribution is -0.141. The van der Waals surface area contributed by atoms with Crippen LogP contribution < -0.4 is 4.74 Å². The van der Waals surface area contributed by atoms with Crippen LogP contribution in [0.1, 0.15) is 32.8 Å². The zero-order valence-electron chi connectivity index (χ0n) is 12.0. The SMILES string of the molecule is CCOC(=O)CC(C)=NCc1ccccc1OC(C)=O. The molecule has 0 saturated carbocycles. The Bertz CT molecular complexity index is 508. The molecule has 0 unspecified atom stereocenters. The van der Waals surface area contributed by atoms with Gasteiger partial charge in [0.25, 0.3) is 0 Å². The number of carbonyl (C=O) groups is 2. The summed E-state index contributed by atoms with van der Waals surface area (Å²) in [6.07, 6.45) is 0.170. The predicted octanol–water partition coefficient (Wildman–Crippen LogP) is 2.53. The van der Waals surface area contributed by atoms with E-state index in [0.717, 1.165) is 5.56 Å². The van der Waals surface area contributed by atoms with Gasteiger partial charge in [-0.2, -0.15) is 0 Å². The summed E-state index contributed by atoms with van der Waals surface area (Å²) in [5, 5.41) is 0. The van der Waals surface area contributed by atoms with Gasteiger partial charge in [0.05, 0.1) is 19.6 Å². The van der Waals surface area contributed by atoms with Crippen molar-refractivity contribution in [2.75, 3.05) is 6.61 Å². The van der Waals surface area contributed by atoms with Gasteiger partial charge in [-0.05, 0) is 19.9 Å². The van der Waals surface area contributed by atoms with Gasteiger partial charge in [-0.1, -0.05) is 18.2 Å². The average molecular weight is 277 g/mol. The fourth-order valence-corrected chi connectivity index (χ4v) is 1.59. The Morgan fingerprint density at radius 1 is 1.20 bits per heavy atom. The molecular weight excluding hydrogens is 258 g/mol. The van der Waals surface area contributed by atoms with Crippen molar-refractivity contribution in [3.8, 4) is 5.75 Å². The first-order chi connectivity index (χ1) is 9.52. The molecule has 0 spiro atoms. The van der Waals surface area contributed by atoms with Crippen LogP contribution in [0.3, 0.4) is 0 Å². The number of para-hydroxylation sites is 1. The number of hydrogen-bond acceptors (Lipinski definition) is 5. The number of ether oxygens (including phenoxy) is 2. The molecule has 1 aromatic carbocycles. The van der Waals surface area contributed by atoms with E-state index in [9.17, 15) is 9.59 Å². The molecule has 0 fully saturated rings. The van der Waals surface area contributed by atoms with Crippen LogP contribution in [-0.4, -0.2) is 24.3 Å².